The van der Waals surface area contributed by atoms with E-state index in [4.69, 9.17) is 0 Å². The first-order chi connectivity index (χ1) is 12.9. The molecule has 0 radical (unpaired) electrons. The number of nitrogens with zero attached hydrogens (tertiary/aromatic N) is 2. The molecular weight excluding hydrogens is 380 g/mol. The molecule has 0 aliphatic carbocycles. The third kappa shape index (κ3) is 4.59. The number of rotatable bonds is 6. The first kappa shape index (κ1) is 20.0. The van der Waals surface area contributed by atoms with E-state index in [2.05, 4.69) is 0 Å². The van der Waals surface area contributed by atoms with Crippen LogP contribution in [0.1, 0.15) is 42.7 Å². The third-order valence-corrected chi connectivity index (χ3v) is 8.58. The minimum Gasteiger partial charge on any atom is -0.339 e. The molecule has 7 heteroatoms. The second-order valence-electron chi connectivity index (χ2n) is 6.95. The predicted molar refractivity (Wildman–Crippen MR) is 108 cm³/mol. The highest BCUT2D eigenvalue weighted by Crippen LogP contribution is 2.28. The lowest BCUT2D eigenvalue weighted by atomic mass is 10.1. The van der Waals surface area contributed by atoms with Crippen molar-refractivity contribution in [2.24, 2.45) is 0 Å². The second-order valence-corrected chi connectivity index (χ2v) is 10.3. The molecule has 1 aromatic heterocycles. The summed E-state index contributed by atoms with van der Waals surface area (Å²) in [5.74, 6) is -0.0184. The normalized spacial score (nSPS) is 16.8. The highest BCUT2D eigenvalue weighted by molar-refractivity contribution is 7.91. The van der Waals surface area contributed by atoms with Crippen LogP contribution in [0.4, 0.5) is 0 Å². The largest absolute Gasteiger partial charge is 0.339 e. The van der Waals surface area contributed by atoms with Crippen LogP contribution >= 0.6 is 11.3 Å². The summed E-state index contributed by atoms with van der Waals surface area (Å²) in [5.41, 5.74) is 1.08. The smallest absolute Gasteiger partial charge is 0.252 e. The van der Waals surface area contributed by atoms with E-state index in [1.54, 1.807) is 28.4 Å². The Morgan fingerprint density at radius 1 is 1.11 bits per heavy atom. The number of hydrogen-bond acceptors (Lipinski definition) is 4. The van der Waals surface area contributed by atoms with Crippen LogP contribution in [0.25, 0.3) is 0 Å². The highest BCUT2D eigenvalue weighted by Gasteiger charge is 2.28. The van der Waals surface area contributed by atoms with Crippen LogP contribution in [0.2, 0.25) is 0 Å². The first-order valence-electron chi connectivity index (χ1n) is 9.29. The zero-order chi connectivity index (χ0) is 19.4. The van der Waals surface area contributed by atoms with Gasteiger partial charge in [-0.1, -0.05) is 36.8 Å². The molecule has 27 heavy (non-hydrogen) atoms. The zero-order valence-electron chi connectivity index (χ0n) is 15.8. The molecule has 146 valence electrons. The number of hydrogen-bond donors (Lipinski definition) is 0. The summed E-state index contributed by atoms with van der Waals surface area (Å²) in [6.07, 6.45) is 3.13. The first-order valence-corrected chi connectivity index (χ1v) is 11.5. The molecule has 2 aromatic rings. The Kier molecular flexibility index (Phi) is 6.34. The van der Waals surface area contributed by atoms with E-state index in [1.165, 1.54) is 11.3 Å². The van der Waals surface area contributed by atoms with Crippen molar-refractivity contribution < 1.29 is 13.2 Å². The zero-order valence-corrected chi connectivity index (χ0v) is 17.4. The predicted octanol–water partition coefficient (Wildman–Crippen LogP) is 3.68. The molecule has 1 saturated heterocycles. The van der Waals surface area contributed by atoms with Crippen molar-refractivity contribution in [3.05, 3.63) is 52.9 Å². The quantitative estimate of drug-likeness (QED) is 0.735. The summed E-state index contributed by atoms with van der Waals surface area (Å²) >= 11 is 1.21. The summed E-state index contributed by atoms with van der Waals surface area (Å²) in [7, 11) is -1.64. The van der Waals surface area contributed by atoms with Crippen LogP contribution < -0.4 is 0 Å². The van der Waals surface area contributed by atoms with Gasteiger partial charge in [-0.2, -0.15) is 4.31 Å². The number of thiophene rings is 1. The Bertz CT molecular complexity index is 872. The fourth-order valence-electron chi connectivity index (χ4n) is 3.27. The molecule has 1 atom stereocenters. The maximum Gasteiger partial charge on any atom is 0.252 e. The molecule has 1 unspecified atom stereocenters. The molecule has 5 nitrogen and oxygen atoms in total. The molecule has 1 aliphatic heterocycles. The maximum absolute atomic E-state index is 12.8. The van der Waals surface area contributed by atoms with Gasteiger partial charge in [0.2, 0.25) is 5.91 Å². The van der Waals surface area contributed by atoms with Gasteiger partial charge in [-0.05, 0) is 37.5 Å². The summed E-state index contributed by atoms with van der Waals surface area (Å²) in [5, 5.41) is 0. The van der Waals surface area contributed by atoms with Crippen LogP contribution in [-0.2, 0) is 21.2 Å². The molecule has 1 aromatic carbocycles. The topological polar surface area (TPSA) is 57.7 Å². The van der Waals surface area contributed by atoms with Gasteiger partial charge in [-0.3, -0.25) is 4.79 Å². The second kappa shape index (κ2) is 8.54. The maximum atomic E-state index is 12.8. The summed E-state index contributed by atoms with van der Waals surface area (Å²) in [6.45, 7) is 3.17. The van der Waals surface area contributed by atoms with Gasteiger partial charge in [0.25, 0.3) is 10.0 Å². The fraction of sp³-hybridized carbons (Fsp3) is 0.450. The molecular formula is C20H26N2O3S2. The lowest BCUT2D eigenvalue weighted by Gasteiger charge is -2.25. The van der Waals surface area contributed by atoms with Crippen LogP contribution in [0, 0.1) is 0 Å². The molecule has 0 spiro atoms. The van der Waals surface area contributed by atoms with Crippen molar-refractivity contribution in [3.63, 3.8) is 0 Å². The van der Waals surface area contributed by atoms with Gasteiger partial charge in [-0.25, -0.2) is 8.42 Å². The third-order valence-electron chi connectivity index (χ3n) is 5.13. The summed E-state index contributed by atoms with van der Waals surface area (Å²) in [4.78, 5) is 15.2. The molecule has 1 aliphatic rings. The molecule has 1 fully saturated rings. The molecule has 1 amide bonds. The Morgan fingerprint density at radius 2 is 1.78 bits per heavy atom. The number of carbonyl (C=O) groups is 1. The standard InChI is InChI=1S/C20H26N2O3S2/c1-16(17-9-5-3-6-10-17)21(2)19(23)15-18-11-12-20(26-18)27(24,25)22-13-7-4-8-14-22/h3,5-6,9-12,16H,4,7-8,13-15H2,1-2H3. The van der Waals surface area contributed by atoms with Gasteiger partial charge in [0.1, 0.15) is 4.21 Å². The molecule has 2 heterocycles. The fourth-order valence-corrected chi connectivity index (χ4v) is 6.29. The van der Waals surface area contributed by atoms with E-state index in [-0.39, 0.29) is 18.4 Å². The molecule has 0 bridgehead atoms. The molecule has 0 N–H and O–H groups in total. The monoisotopic (exact) mass is 406 g/mol. The van der Waals surface area contributed by atoms with Crippen LogP contribution in [0.15, 0.2) is 46.7 Å². The Balaban J connectivity index is 1.67. The lowest BCUT2D eigenvalue weighted by molar-refractivity contribution is -0.131. The van der Waals surface area contributed by atoms with E-state index >= 15 is 0 Å². The minimum absolute atomic E-state index is 0.0184. The Hall–Kier alpha value is -1.70. The number of amides is 1. The molecule has 3 rings (SSSR count). The summed E-state index contributed by atoms with van der Waals surface area (Å²) < 4.78 is 27.4. The van der Waals surface area contributed by atoms with Gasteiger partial charge >= 0.3 is 0 Å². The van der Waals surface area contributed by atoms with E-state index in [0.717, 1.165) is 29.7 Å². The van der Waals surface area contributed by atoms with Crippen molar-refractivity contribution in [2.45, 2.75) is 42.9 Å². The van der Waals surface area contributed by atoms with Crippen molar-refractivity contribution in [1.82, 2.24) is 9.21 Å². The average molecular weight is 407 g/mol. The van der Waals surface area contributed by atoms with Gasteiger partial charge < -0.3 is 4.90 Å². The number of sulfonamides is 1. The van der Waals surface area contributed by atoms with E-state index in [1.807, 2.05) is 37.3 Å². The number of benzene rings is 1. The van der Waals surface area contributed by atoms with Crippen molar-refractivity contribution in [2.75, 3.05) is 20.1 Å². The minimum atomic E-state index is -3.43. The van der Waals surface area contributed by atoms with E-state index < -0.39 is 10.0 Å². The molecule has 0 saturated carbocycles. The highest BCUT2D eigenvalue weighted by atomic mass is 32.2. The van der Waals surface area contributed by atoms with E-state index in [0.29, 0.717) is 17.3 Å². The van der Waals surface area contributed by atoms with Gasteiger partial charge in [0.05, 0.1) is 12.5 Å². The van der Waals surface area contributed by atoms with Gasteiger partial charge in [-0.15, -0.1) is 11.3 Å². The van der Waals surface area contributed by atoms with Crippen molar-refractivity contribution in [1.29, 1.82) is 0 Å². The van der Waals surface area contributed by atoms with Crippen molar-refractivity contribution >= 4 is 27.3 Å². The van der Waals surface area contributed by atoms with Gasteiger partial charge in [0.15, 0.2) is 0 Å². The number of carbonyl (C=O) groups excluding carboxylic acids is 1. The van der Waals surface area contributed by atoms with Crippen molar-refractivity contribution in [3.8, 4) is 0 Å². The van der Waals surface area contributed by atoms with Crippen LogP contribution in [0.5, 0.6) is 0 Å². The SMILES string of the molecule is CC(c1ccccc1)N(C)C(=O)Cc1ccc(S(=O)(=O)N2CCCCC2)s1. The number of piperidine rings is 1. The van der Waals surface area contributed by atoms with Gasteiger partial charge in [0, 0.05) is 25.0 Å². The number of likely N-dealkylation sites (N-methyl/N-ethyl adjacent to an activating group) is 1. The van der Waals surface area contributed by atoms with Crippen LogP contribution in [0.3, 0.4) is 0 Å². The Labute approximate surface area is 165 Å². The Morgan fingerprint density at radius 3 is 2.44 bits per heavy atom. The average Bonchev–Trinajstić information content (AvgIpc) is 3.17. The lowest BCUT2D eigenvalue weighted by Crippen LogP contribution is -2.35. The van der Waals surface area contributed by atoms with E-state index in [9.17, 15) is 13.2 Å². The summed E-state index contributed by atoms with van der Waals surface area (Å²) in [6, 6.07) is 13.2. The van der Waals surface area contributed by atoms with Crippen LogP contribution in [-0.4, -0.2) is 43.7 Å².